The van der Waals surface area contributed by atoms with Gasteiger partial charge in [0.25, 0.3) is 5.69 Å². The fraction of sp³-hybridized carbons (Fsp3) is 0.417. The number of hydrogen-bond donors (Lipinski definition) is 1. The maximum absolute atomic E-state index is 11.2. The highest BCUT2D eigenvalue weighted by Crippen LogP contribution is 2.26. The topological polar surface area (TPSA) is 75.5 Å². The Bertz CT molecular complexity index is 507. The molecule has 0 unspecified atom stereocenters. The molecule has 1 aromatic rings. The number of carbonyl (C=O) groups is 1. The summed E-state index contributed by atoms with van der Waals surface area (Å²) in [6.45, 7) is 2.67. The first kappa shape index (κ1) is 14.0. The van der Waals surface area contributed by atoms with Gasteiger partial charge in [0, 0.05) is 38.7 Å². The molecular formula is C12H14BrN3O3. The SMILES string of the molecule is O=C1CCN(Cc2ccc(Br)c([N+](=O)[O-])c2)CCN1. The zero-order chi connectivity index (χ0) is 13.8. The molecule has 7 heteroatoms. The van der Waals surface area contributed by atoms with Gasteiger partial charge in [-0.15, -0.1) is 0 Å². The predicted octanol–water partition coefficient (Wildman–Crippen LogP) is 1.68. The molecule has 0 bridgehead atoms. The van der Waals surface area contributed by atoms with Gasteiger partial charge in [0.15, 0.2) is 0 Å². The van der Waals surface area contributed by atoms with Gasteiger partial charge in [0.2, 0.25) is 5.91 Å². The highest BCUT2D eigenvalue weighted by Gasteiger charge is 2.16. The number of nitrogens with zero attached hydrogens (tertiary/aromatic N) is 2. The minimum atomic E-state index is -0.402. The van der Waals surface area contributed by atoms with E-state index in [1.165, 1.54) is 0 Å². The maximum Gasteiger partial charge on any atom is 0.283 e. The highest BCUT2D eigenvalue weighted by molar-refractivity contribution is 9.10. The molecule has 102 valence electrons. The zero-order valence-corrected chi connectivity index (χ0v) is 11.9. The van der Waals surface area contributed by atoms with Crippen LogP contribution in [0, 0.1) is 10.1 Å². The Morgan fingerprint density at radius 3 is 2.95 bits per heavy atom. The van der Waals surface area contributed by atoms with E-state index in [1.54, 1.807) is 12.1 Å². The molecule has 0 spiro atoms. The molecule has 19 heavy (non-hydrogen) atoms. The van der Waals surface area contributed by atoms with Crippen molar-refractivity contribution in [3.8, 4) is 0 Å². The Kier molecular flexibility index (Phi) is 4.49. The quantitative estimate of drug-likeness (QED) is 0.677. The molecule has 0 saturated carbocycles. The third-order valence-corrected chi connectivity index (χ3v) is 3.69. The van der Waals surface area contributed by atoms with Gasteiger partial charge < -0.3 is 5.32 Å². The first-order valence-corrected chi connectivity index (χ1v) is 6.77. The van der Waals surface area contributed by atoms with Gasteiger partial charge in [-0.1, -0.05) is 6.07 Å². The van der Waals surface area contributed by atoms with Crippen LogP contribution in [0.1, 0.15) is 12.0 Å². The van der Waals surface area contributed by atoms with E-state index in [-0.39, 0.29) is 11.6 Å². The Morgan fingerprint density at radius 1 is 1.42 bits per heavy atom. The van der Waals surface area contributed by atoms with Crippen LogP contribution >= 0.6 is 15.9 Å². The molecule has 0 aliphatic carbocycles. The lowest BCUT2D eigenvalue weighted by Gasteiger charge is -2.18. The second kappa shape index (κ2) is 6.12. The molecule has 0 atom stereocenters. The van der Waals surface area contributed by atoms with Crippen LogP contribution in [0.4, 0.5) is 5.69 Å². The van der Waals surface area contributed by atoms with E-state index in [0.717, 1.165) is 12.1 Å². The summed E-state index contributed by atoms with van der Waals surface area (Å²) in [7, 11) is 0. The van der Waals surface area contributed by atoms with Crippen LogP contribution in [0.5, 0.6) is 0 Å². The molecule has 1 aliphatic heterocycles. The van der Waals surface area contributed by atoms with Gasteiger partial charge in [-0.3, -0.25) is 19.8 Å². The Balaban J connectivity index is 2.08. The van der Waals surface area contributed by atoms with E-state index in [0.29, 0.717) is 30.5 Å². The monoisotopic (exact) mass is 327 g/mol. The molecule has 1 saturated heterocycles. The van der Waals surface area contributed by atoms with Gasteiger partial charge in [0.1, 0.15) is 0 Å². The van der Waals surface area contributed by atoms with Gasteiger partial charge in [-0.05, 0) is 27.6 Å². The van der Waals surface area contributed by atoms with Crippen molar-refractivity contribution < 1.29 is 9.72 Å². The van der Waals surface area contributed by atoms with E-state index in [4.69, 9.17) is 0 Å². The molecule has 0 aromatic heterocycles. The van der Waals surface area contributed by atoms with Crippen LogP contribution in [0.15, 0.2) is 22.7 Å². The van der Waals surface area contributed by atoms with Crippen LogP contribution in [0.2, 0.25) is 0 Å². The van der Waals surface area contributed by atoms with Crippen molar-refractivity contribution in [3.63, 3.8) is 0 Å². The van der Waals surface area contributed by atoms with Gasteiger partial charge >= 0.3 is 0 Å². The van der Waals surface area contributed by atoms with E-state index < -0.39 is 4.92 Å². The predicted molar refractivity (Wildman–Crippen MR) is 73.7 cm³/mol. The van der Waals surface area contributed by atoms with Crippen molar-refractivity contribution in [2.45, 2.75) is 13.0 Å². The summed E-state index contributed by atoms with van der Waals surface area (Å²) in [5.74, 6) is 0.0595. The third kappa shape index (κ3) is 3.74. The van der Waals surface area contributed by atoms with E-state index >= 15 is 0 Å². The second-order valence-corrected chi connectivity index (χ2v) is 5.27. The molecule has 1 amide bonds. The number of nitro groups is 1. The lowest BCUT2D eigenvalue weighted by Crippen LogP contribution is -2.28. The van der Waals surface area contributed by atoms with Crippen LogP contribution in [-0.2, 0) is 11.3 Å². The fourth-order valence-corrected chi connectivity index (χ4v) is 2.42. The Morgan fingerprint density at radius 2 is 2.21 bits per heavy atom. The number of halogens is 1. The molecule has 2 rings (SSSR count). The maximum atomic E-state index is 11.2. The standard InChI is InChI=1S/C12H14BrN3O3/c13-10-2-1-9(7-11(10)16(18)19)8-15-5-3-12(17)14-4-6-15/h1-2,7H,3-6,8H2,(H,14,17). The molecule has 1 fully saturated rings. The lowest BCUT2D eigenvalue weighted by molar-refractivity contribution is -0.385. The molecule has 1 heterocycles. The van der Waals surface area contributed by atoms with Gasteiger partial charge in [-0.25, -0.2) is 0 Å². The minimum Gasteiger partial charge on any atom is -0.355 e. The molecule has 1 aliphatic rings. The van der Waals surface area contributed by atoms with Gasteiger partial charge in [0.05, 0.1) is 9.40 Å². The van der Waals surface area contributed by atoms with Crippen molar-refractivity contribution in [1.82, 2.24) is 10.2 Å². The minimum absolute atomic E-state index is 0.0595. The number of rotatable bonds is 3. The van der Waals surface area contributed by atoms with Crippen LogP contribution in [0.3, 0.4) is 0 Å². The Labute approximate surface area is 119 Å². The van der Waals surface area contributed by atoms with E-state index in [9.17, 15) is 14.9 Å². The van der Waals surface area contributed by atoms with Crippen molar-refractivity contribution in [3.05, 3.63) is 38.3 Å². The largest absolute Gasteiger partial charge is 0.355 e. The van der Waals surface area contributed by atoms with Crippen molar-refractivity contribution in [2.24, 2.45) is 0 Å². The van der Waals surface area contributed by atoms with Crippen LogP contribution in [-0.4, -0.2) is 35.4 Å². The van der Waals surface area contributed by atoms with E-state index in [2.05, 4.69) is 26.1 Å². The summed E-state index contributed by atoms with van der Waals surface area (Å²) in [6.07, 6.45) is 0.471. The fourth-order valence-electron chi connectivity index (χ4n) is 2.03. The van der Waals surface area contributed by atoms with Gasteiger partial charge in [-0.2, -0.15) is 0 Å². The molecular weight excluding hydrogens is 314 g/mol. The van der Waals surface area contributed by atoms with Crippen molar-refractivity contribution >= 4 is 27.5 Å². The number of nitrogens with one attached hydrogen (secondary N) is 1. The summed E-state index contributed by atoms with van der Waals surface area (Å²) < 4.78 is 0.481. The smallest absolute Gasteiger partial charge is 0.283 e. The first-order valence-electron chi connectivity index (χ1n) is 5.98. The zero-order valence-electron chi connectivity index (χ0n) is 10.3. The van der Waals surface area contributed by atoms with Crippen molar-refractivity contribution in [1.29, 1.82) is 0 Å². The molecule has 0 radical (unpaired) electrons. The van der Waals surface area contributed by atoms with Crippen molar-refractivity contribution in [2.75, 3.05) is 19.6 Å². The normalized spacial score (nSPS) is 16.8. The molecule has 1 N–H and O–H groups in total. The van der Waals surface area contributed by atoms with Crippen LogP contribution in [0.25, 0.3) is 0 Å². The number of hydrogen-bond acceptors (Lipinski definition) is 4. The Hall–Kier alpha value is -1.47. The average Bonchev–Trinajstić information content (AvgIpc) is 2.56. The average molecular weight is 328 g/mol. The number of nitro benzene ring substituents is 1. The summed E-state index contributed by atoms with van der Waals surface area (Å²) in [4.78, 5) is 23.8. The summed E-state index contributed by atoms with van der Waals surface area (Å²) in [6, 6.07) is 5.12. The molecule has 6 nitrogen and oxygen atoms in total. The van der Waals surface area contributed by atoms with Crippen LogP contribution < -0.4 is 5.32 Å². The lowest BCUT2D eigenvalue weighted by atomic mass is 10.2. The number of carbonyl (C=O) groups excluding carboxylic acids is 1. The first-order chi connectivity index (χ1) is 9.06. The number of benzene rings is 1. The number of amides is 1. The summed E-state index contributed by atoms with van der Waals surface area (Å²) in [5.41, 5.74) is 0.950. The summed E-state index contributed by atoms with van der Waals surface area (Å²) >= 11 is 3.17. The second-order valence-electron chi connectivity index (χ2n) is 4.42. The highest BCUT2D eigenvalue weighted by atomic mass is 79.9. The molecule has 1 aromatic carbocycles. The third-order valence-electron chi connectivity index (χ3n) is 3.02. The van der Waals surface area contributed by atoms with E-state index in [1.807, 2.05) is 6.07 Å². The summed E-state index contributed by atoms with van der Waals surface area (Å²) in [5, 5.41) is 13.7.